The van der Waals surface area contributed by atoms with Gasteiger partial charge in [-0.15, -0.1) is 0 Å². The fourth-order valence-corrected chi connectivity index (χ4v) is 1.93. The smallest absolute Gasteiger partial charge is 0.309 e. The van der Waals surface area contributed by atoms with Crippen molar-refractivity contribution in [3.63, 3.8) is 0 Å². The molecular formula is C11H12N2O4. The first kappa shape index (κ1) is 11.4. The first-order chi connectivity index (χ1) is 8.11. The molecule has 1 aromatic rings. The largest absolute Gasteiger partial charge is 0.481 e. The van der Waals surface area contributed by atoms with Crippen LogP contribution in [0.3, 0.4) is 0 Å². The number of amides is 1. The zero-order valence-electron chi connectivity index (χ0n) is 9.21. The molecule has 1 aliphatic heterocycles. The van der Waals surface area contributed by atoms with Gasteiger partial charge in [0, 0.05) is 18.7 Å². The Morgan fingerprint density at radius 2 is 2.41 bits per heavy atom. The number of nitrogens with zero attached hydrogens (tertiary/aromatic N) is 1. The average Bonchev–Trinajstić information content (AvgIpc) is 2.72. The standard InChI is InChI=1S/C11H12N2O4/c1-17-9-4-6(2-3-12-9)10-7(11(15)16)5-8(14)13-10/h2-4,7,10H,5H2,1H3,(H,13,14)(H,15,16). The average molecular weight is 236 g/mol. The number of pyridine rings is 1. The highest BCUT2D eigenvalue weighted by atomic mass is 16.5. The number of ether oxygens (including phenoxy) is 1. The van der Waals surface area contributed by atoms with Crippen LogP contribution in [0.5, 0.6) is 5.88 Å². The number of aliphatic carboxylic acids is 1. The number of hydrogen-bond donors (Lipinski definition) is 2. The highest BCUT2D eigenvalue weighted by Gasteiger charge is 2.38. The second-order valence-corrected chi connectivity index (χ2v) is 3.83. The lowest BCUT2D eigenvalue weighted by Crippen LogP contribution is -2.24. The SMILES string of the molecule is COc1cc(C2NC(=O)CC2C(=O)O)ccn1. The van der Waals surface area contributed by atoms with E-state index in [-0.39, 0.29) is 12.3 Å². The van der Waals surface area contributed by atoms with Crippen LogP contribution in [-0.2, 0) is 9.59 Å². The monoisotopic (exact) mass is 236 g/mol. The van der Waals surface area contributed by atoms with Crippen molar-refractivity contribution in [2.75, 3.05) is 7.11 Å². The van der Waals surface area contributed by atoms with Crippen molar-refractivity contribution in [3.8, 4) is 5.88 Å². The molecule has 2 heterocycles. The van der Waals surface area contributed by atoms with Gasteiger partial charge >= 0.3 is 5.97 Å². The maximum Gasteiger partial charge on any atom is 0.309 e. The van der Waals surface area contributed by atoms with E-state index >= 15 is 0 Å². The highest BCUT2D eigenvalue weighted by molar-refractivity contribution is 5.87. The summed E-state index contributed by atoms with van der Waals surface area (Å²) in [7, 11) is 1.48. The molecule has 0 bridgehead atoms. The van der Waals surface area contributed by atoms with E-state index in [0.717, 1.165) is 0 Å². The van der Waals surface area contributed by atoms with Crippen molar-refractivity contribution in [2.24, 2.45) is 5.92 Å². The number of carbonyl (C=O) groups is 2. The number of carbonyl (C=O) groups excluding carboxylic acids is 1. The second-order valence-electron chi connectivity index (χ2n) is 3.83. The summed E-state index contributed by atoms with van der Waals surface area (Å²) in [4.78, 5) is 26.3. The molecule has 1 fully saturated rings. The molecule has 1 amide bonds. The van der Waals surface area contributed by atoms with Crippen LogP contribution < -0.4 is 10.1 Å². The van der Waals surface area contributed by atoms with Gasteiger partial charge in [-0.3, -0.25) is 9.59 Å². The maximum atomic E-state index is 11.3. The van der Waals surface area contributed by atoms with E-state index < -0.39 is 17.9 Å². The van der Waals surface area contributed by atoms with E-state index in [1.165, 1.54) is 13.3 Å². The second kappa shape index (κ2) is 4.40. The molecule has 6 nitrogen and oxygen atoms in total. The molecule has 1 aliphatic rings. The van der Waals surface area contributed by atoms with Crippen molar-refractivity contribution in [3.05, 3.63) is 23.9 Å². The lowest BCUT2D eigenvalue weighted by atomic mass is 9.95. The van der Waals surface area contributed by atoms with Gasteiger partial charge in [0.15, 0.2) is 0 Å². The summed E-state index contributed by atoms with van der Waals surface area (Å²) in [5.41, 5.74) is 0.690. The molecule has 90 valence electrons. The van der Waals surface area contributed by atoms with Crippen molar-refractivity contribution < 1.29 is 19.4 Å². The molecule has 17 heavy (non-hydrogen) atoms. The van der Waals surface area contributed by atoms with Gasteiger partial charge in [-0.1, -0.05) is 0 Å². The third-order valence-corrected chi connectivity index (χ3v) is 2.77. The van der Waals surface area contributed by atoms with Crippen molar-refractivity contribution >= 4 is 11.9 Å². The Hall–Kier alpha value is -2.11. The van der Waals surface area contributed by atoms with E-state index in [2.05, 4.69) is 10.3 Å². The Kier molecular flexibility index (Phi) is 2.95. The number of carboxylic acids is 1. The summed E-state index contributed by atoms with van der Waals surface area (Å²) in [6.45, 7) is 0. The summed E-state index contributed by atoms with van der Waals surface area (Å²) in [5.74, 6) is -1.58. The van der Waals surface area contributed by atoms with E-state index in [0.29, 0.717) is 11.4 Å². The minimum atomic E-state index is -0.982. The molecule has 2 unspecified atom stereocenters. The Morgan fingerprint density at radius 3 is 3.06 bits per heavy atom. The van der Waals surface area contributed by atoms with Gasteiger partial charge in [0.2, 0.25) is 11.8 Å². The van der Waals surface area contributed by atoms with E-state index in [4.69, 9.17) is 9.84 Å². The molecule has 2 atom stereocenters. The number of methoxy groups -OCH3 is 1. The van der Waals surface area contributed by atoms with Crippen LogP contribution in [0.25, 0.3) is 0 Å². The summed E-state index contributed by atoms with van der Waals surface area (Å²) in [6.07, 6.45) is 1.53. The molecule has 0 spiro atoms. The maximum absolute atomic E-state index is 11.3. The quantitative estimate of drug-likeness (QED) is 0.790. The number of carboxylic acid groups (broad SMARTS) is 1. The molecule has 0 aliphatic carbocycles. The van der Waals surface area contributed by atoms with Crippen LogP contribution >= 0.6 is 0 Å². The number of nitrogens with one attached hydrogen (secondary N) is 1. The van der Waals surface area contributed by atoms with Crippen molar-refractivity contribution in [2.45, 2.75) is 12.5 Å². The van der Waals surface area contributed by atoms with Gasteiger partial charge in [-0.05, 0) is 11.6 Å². The Bertz CT molecular complexity index is 461. The van der Waals surface area contributed by atoms with E-state index in [9.17, 15) is 9.59 Å². The zero-order valence-corrected chi connectivity index (χ0v) is 9.21. The molecule has 1 saturated heterocycles. The molecule has 6 heteroatoms. The molecule has 0 saturated carbocycles. The van der Waals surface area contributed by atoms with Crippen molar-refractivity contribution in [1.29, 1.82) is 0 Å². The molecule has 0 radical (unpaired) electrons. The summed E-state index contributed by atoms with van der Waals surface area (Å²) < 4.78 is 4.97. The molecular weight excluding hydrogens is 224 g/mol. The van der Waals surface area contributed by atoms with Crippen molar-refractivity contribution in [1.82, 2.24) is 10.3 Å². The third-order valence-electron chi connectivity index (χ3n) is 2.77. The number of aromatic nitrogens is 1. The van der Waals surface area contributed by atoms with Gasteiger partial charge in [0.05, 0.1) is 19.1 Å². The first-order valence-electron chi connectivity index (χ1n) is 5.14. The van der Waals surface area contributed by atoms with Crippen LogP contribution in [0.2, 0.25) is 0 Å². The molecule has 0 aromatic carbocycles. The zero-order chi connectivity index (χ0) is 12.4. The summed E-state index contributed by atoms with van der Waals surface area (Å²) >= 11 is 0. The fourth-order valence-electron chi connectivity index (χ4n) is 1.93. The predicted octanol–water partition coefficient (Wildman–Crippen LogP) is 0.352. The third kappa shape index (κ3) is 2.20. The summed E-state index contributed by atoms with van der Waals surface area (Å²) in [5, 5.41) is 11.7. The first-order valence-corrected chi connectivity index (χ1v) is 5.14. The fraction of sp³-hybridized carbons (Fsp3) is 0.364. The van der Waals surface area contributed by atoms with Crippen LogP contribution in [0.4, 0.5) is 0 Å². The van der Waals surface area contributed by atoms with Gasteiger partial charge in [0.1, 0.15) is 0 Å². The van der Waals surface area contributed by atoms with Gasteiger partial charge < -0.3 is 15.2 Å². The topological polar surface area (TPSA) is 88.5 Å². The number of hydrogen-bond acceptors (Lipinski definition) is 4. The molecule has 2 N–H and O–H groups in total. The Labute approximate surface area is 97.6 Å². The van der Waals surface area contributed by atoms with Crippen LogP contribution in [0, 0.1) is 5.92 Å². The minimum absolute atomic E-state index is 0.00460. The van der Waals surface area contributed by atoms with Gasteiger partial charge in [-0.25, -0.2) is 4.98 Å². The molecule has 2 rings (SSSR count). The molecule has 1 aromatic heterocycles. The Balaban J connectivity index is 2.31. The van der Waals surface area contributed by atoms with Gasteiger partial charge in [-0.2, -0.15) is 0 Å². The Morgan fingerprint density at radius 1 is 1.65 bits per heavy atom. The highest BCUT2D eigenvalue weighted by Crippen LogP contribution is 2.31. The lowest BCUT2D eigenvalue weighted by molar-refractivity contribution is -0.142. The minimum Gasteiger partial charge on any atom is -0.481 e. The van der Waals surface area contributed by atoms with E-state index in [1.54, 1.807) is 12.1 Å². The van der Waals surface area contributed by atoms with Crippen LogP contribution in [-0.4, -0.2) is 29.1 Å². The van der Waals surface area contributed by atoms with Gasteiger partial charge in [0.25, 0.3) is 0 Å². The van der Waals surface area contributed by atoms with E-state index in [1.807, 2.05) is 0 Å². The predicted molar refractivity (Wildman–Crippen MR) is 57.4 cm³/mol. The van der Waals surface area contributed by atoms with Crippen LogP contribution in [0.15, 0.2) is 18.3 Å². The normalized spacial score (nSPS) is 23.2. The lowest BCUT2D eigenvalue weighted by Gasteiger charge is -2.15. The number of rotatable bonds is 3. The van der Waals surface area contributed by atoms with Crippen LogP contribution in [0.1, 0.15) is 18.0 Å². The summed E-state index contributed by atoms with van der Waals surface area (Å²) in [6, 6.07) is 2.79.